The highest BCUT2D eigenvalue weighted by Gasteiger charge is 2.55. The summed E-state index contributed by atoms with van der Waals surface area (Å²) in [5, 5.41) is 0. The van der Waals surface area contributed by atoms with Gasteiger partial charge in [0.15, 0.2) is 5.70 Å². The molecule has 4 fully saturated rings. The van der Waals surface area contributed by atoms with Gasteiger partial charge in [-0.2, -0.15) is 0 Å². The number of halogens is 1. The molecule has 4 aliphatic carbocycles. The van der Waals surface area contributed by atoms with Crippen molar-refractivity contribution in [1.82, 2.24) is 0 Å². The predicted octanol–water partition coefficient (Wildman–Crippen LogP) is 4.96. The largest absolute Gasteiger partial charge is 0.406 e. The minimum Gasteiger partial charge on any atom is -0.406 e. The molecule has 0 N–H and O–H groups in total. The second-order valence-electron chi connectivity index (χ2n) is 8.09. The third kappa shape index (κ3) is 2.38. The molecule has 4 bridgehead atoms. The molecule has 24 heavy (non-hydrogen) atoms. The molecule has 1 aliphatic heterocycles. The van der Waals surface area contributed by atoms with Crippen LogP contribution in [0.4, 0.5) is 0 Å². The molecule has 0 unspecified atom stereocenters. The first-order chi connectivity index (χ1) is 11.6. The molecule has 6 rings (SSSR count). The van der Waals surface area contributed by atoms with Gasteiger partial charge in [0.05, 0.1) is 0 Å². The summed E-state index contributed by atoms with van der Waals surface area (Å²) in [6.45, 7) is 0. The zero-order valence-electron chi connectivity index (χ0n) is 13.5. The van der Waals surface area contributed by atoms with E-state index in [4.69, 9.17) is 4.74 Å². The van der Waals surface area contributed by atoms with Crippen LogP contribution in [0.2, 0.25) is 0 Å². The Morgan fingerprint density at radius 2 is 1.79 bits per heavy atom. The van der Waals surface area contributed by atoms with Crippen LogP contribution in [0.5, 0.6) is 0 Å². The number of ether oxygens (including phenoxy) is 1. The Kier molecular flexibility index (Phi) is 3.28. The lowest BCUT2D eigenvalue weighted by atomic mass is 9.49. The van der Waals surface area contributed by atoms with Crippen LogP contribution >= 0.6 is 15.9 Å². The summed E-state index contributed by atoms with van der Waals surface area (Å²) in [5.74, 6) is 2.87. The highest BCUT2D eigenvalue weighted by atomic mass is 79.9. The van der Waals surface area contributed by atoms with Crippen molar-refractivity contribution in [1.29, 1.82) is 0 Å². The molecule has 0 radical (unpaired) electrons. The zero-order valence-corrected chi connectivity index (χ0v) is 15.1. The molecular weight excluding hydrogens is 366 g/mol. The van der Waals surface area contributed by atoms with Crippen molar-refractivity contribution in [2.45, 2.75) is 38.5 Å². The van der Waals surface area contributed by atoms with E-state index in [2.05, 4.69) is 20.9 Å². The Balaban J connectivity index is 1.48. The number of aliphatic imine (C=N–C) groups is 1. The zero-order chi connectivity index (χ0) is 16.3. The quantitative estimate of drug-likeness (QED) is 0.532. The average Bonchev–Trinajstić information content (AvgIpc) is 2.88. The number of carbonyl (C=O) groups excluding carboxylic acids is 1. The van der Waals surface area contributed by atoms with Gasteiger partial charge in [-0.25, -0.2) is 9.79 Å². The molecular formula is C20H20BrNO2. The van der Waals surface area contributed by atoms with Gasteiger partial charge in [0.25, 0.3) is 0 Å². The minimum atomic E-state index is -0.291. The summed E-state index contributed by atoms with van der Waals surface area (Å²) < 4.78 is 6.69. The van der Waals surface area contributed by atoms with Gasteiger partial charge in [-0.05, 0) is 80.1 Å². The molecule has 3 nitrogen and oxygen atoms in total. The maximum absolute atomic E-state index is 12.4. The van der Waals surface area contributed by atoms with E-state index in [-0.39, 0.29) is 11.4 Å². The maximum atomic E-state index is 12.4. The first-order valence-electron chi connectivity index (χ1n) is 8.88. The number of carbonyl (C=O) groups is 1. The van der Waals surface area contributed by atoms with E-state index in [1.54, 1.807) is 0 Å². The molecule has 0 spiro atoms. The Morgan fingerprint density at radius 1 is 1.12 bits per heavy atom. The fraction of sp³-hybridized carbons (Fsp3) is 0.500. The van der Waals surface area contributed by atoms with Gasteiger partial charge in [-0.3, -0.25) is 0 Å². The van der Waals surface area contributed by atoms with Gasteiger partial charge >= 0.3 is 5.97 Å². The Hall–Kier alpha value is -1.42. The number of hydrogen-bond acceptors (Lipinski definition) is 3. The molecule has 0 saturated heterocycles. The molecule has 1 heterocycles. The van der Waals surface area contributed by atoms with E-state index >= 15 is 0 Å². The number of nitrogens with zero attached hydrogens (tertiary/aromatic N) is 1. The van der Waals surface area contributed by atoms with Crippen LogP contribution in [-0.4, -0.2) is 11.9 Å². The Labute approximate surface area is 150 Å². The van der Waals surface area contributed by atoms with Crippen molar-refractivity contribution < 1.29 is 9.53 Å². The highest BCUT2D eigenvalue weighted by Crippen LogP contribution is 2.61. The average molecular weight is 386 g/mol. The van der Waals surface area contributed by atoms with E-state index in [1.807, 2.05) is 30.3 Å². The molecule has 0 atom stereocenters. The second-order valence-corrected chi connectivity index (χ2v) is 9.00. The van der Waals surface area contributed by atoms with Crippen LogP contribution in [0.25, 0.3) is 6.08 Å². The summed E-state index contributed by atoms with van der Waals surface area (Å²) in [6.07, 6.45) is 9.45. The van der Waals surface area contributed by atoms with E-state index < -0.39 is 0 Å². The second kappa shape index (κ2) is 5.29. The van der Waals surface area contributed by atoms with Crippen LogP contribution in [0.3, 0.4) is 0 Å². The van der Waals surface area contributed by atoms with Gasteiger partial charge < -0.3 is 4.74 Å². The smallest absolute Gasteiger partial charge is 0.363 e. The topological polar surface area (TPSA) is 38.7 Å². The van der Waals surface area contributed by atoms with Gasteiger partial charge in [0, 0.05) is 9.89 Å². The molecule has 124 valence electrons. The molecule has 0 aromatic heterocycles. The van der Waals surface area contributed by atoms with E-state index in [1.165, 1.54) is 19.3 Å². The number of cyclic esters (lactones) is 1. The van der Waals surface area contributed by atoms with Crippen LogP contribution in [0.15, 0.2) is 39.4 Å². The fourth-order valence-electron chi connectivity index (χ4n) is 5.76. The number of rotatable bonds is 2. The maximum Gasteiger partial charge on any atom is 0.363 e. The third-order valence-corrected chi connectivity index (χ3v) is 6.76. The molecule has 4 heteroatoms. The van der Waals surface area contributed by atoms with Crippen LogP contribution in [-0.2, 0) is 9.53 Å². The Morgan fingerprint density at radius 3 is 2.42 bits per heavy atom. The summed E-state index contributed by atoms with van der Waals surface area (Å²) in [5.41, 5.74) is 1.45. The van der Waals surface area contributed by atoms with Crippen molar-refractivity contribution in [2.75, 3.05) is 0 Å². The molecule has 1 aromatic rings. The lowest BCUT2D eigenvalue weighted by Crippen LogP contribution is -2.50. The fourth-order valence-corrected chi connectivity index (χ4v) is 6.18. The first kappa shape index (κ1) is 14.9. The van der Waals surface area contributed by atoms with Crippen molar-refractivity contribution in [3.63, 3.8) is 0 Å². The summed E-state index contributed by atoms with van der Waals surface area (Å²) >= 11 is 3.47. The van der Waals surface area contributed by atoms with Gasteiger partial charge in [-0.1, -0.05) is 28.1 Å². The van der Waals surface area contributed by atoms with Crippen molar-refractivity contribution >= 4 is 33.9 Å². The SMILES string of the molecule is O=C1OC(C23CC4CC(CC(C4)C2)C3)=N/C1=C/c1cccc(Br)c1. The third-order valence-electron chi connectivity index (χ3n) is 6.26. The van der Waals surface area contributed by atoms with Crippen LogP contribution in [0, 0.1) is 23.2 Å². The van der Waals surface area contributed by atoms with E-state index in [0.717, 1.165) is 47.1 Å². The van der Waals surface area contributed by atoms with Gasteiger partial charge in [-0.15, -0.1) is 0 Å². The van der Waals surface area contributed by atoms with Crippen molar-refractivity contribution in [2.24, 2.45) is 28.2 Å². The normalized spacial score (nSPS) is 38.5. The van der Waals surface area contributed by atoms with Crippen LogP contribution in [0.1, 0.15) is 44.1 Å². The highest BCUT2D eigenvalue weighted by molar-refractivity contribution is 9.10. The van der Waals surface area contributed by atoms with E-state index in [9.17, 15) is 4.79 Å². The minimum absolute atomic E-state index is 0.0390. The number of hydrogen-bond donors (Lipinski definition) is 0. The predicted molar refractivity (Wildman–Crippen MR) is 96.3 cm³/mol. The summed E-state index contributed by atoms with van der Waals surface area (Å²) in [7, 11) is 0. The van der Waals surface area contributed by atoms with Gasteiger partial charge in [0.1, 0.15) is 0 Å². The molecule has 0 amide bonds. The standard InChI is InChI=1S/C20H20BrNO2/c21-16-3-1-2-12(7-16)8-17-18(23)24-19(22-17)20-9-13-4-14(10-20)6-15(5-13)11-20/h1-3,7-8,13-15H,4-6,9-11H2/b17-8+. The lowest BCUT2D eigenvalue weighted by molar-refractivity contribution is -0.131. The van der Waals surface area contributed by atoms with Crippen LogP contribution < -0.4 is 0 Å². The lowest BCUT2D eigenvalue weighted by Gasteiger charge is -2.55. The molecule has 1 aromatic carbocycles. The Bertz CT molecular complexity index is 744. The first-order valence-corrected chi connectivity index (χ1v) is 9.68. The molecule has 5 aliphatic rings. The van der Waals surface area contributed by atoms with Gasteiger partial charge in [0.2, 0.25) is 5.90 Å². The monoisotopic (exact) mass is 385 g/mol. The van der Waals surface area contributed by atoms with Crippen molar-refractivity contribution in [3.05, 3.63) is 40.0 Å². The summed E-state index contributed by atoms with van der Waals surface area (Å²) in [6, 6.07) is 7.89. The number of esters is 1. The van der Waals surface area contributed by atoms with E-state index in [0.29, 0.717) is 11.6 Å². The van der Waals surface area contributed by atoms with Crippen molar-refractivity contribution in [3.8, 4) is 0 Å². The molecule has 4 saturated carbocycles. The number of benzene rings is 1. The summed E-state index contributed by atoms with van der Waals surface area (Å²) in [4.78, 5) is 17.0.